The first-order valence-electron chi connectivity index (χ1n) is 5.07. The van der Waals surface area contributed by atoms with E-state index in [0.717, 1.165) is 0 Å². The van der Waals surface area contributed by atoms with Gasteiger partial charge in [0, 0.05) is 0 Å². The molecular weight excluding hydrogens is 518 g/mol. The largest absolute Gasteiger partial charge is 3.00 e. The summed E-state index contributed by atoms with van der Waals surface area (Å²) in [6, 6.07) is 10.0. The Hall–Kier alpha value is 2.10. The van der Waals surface area contributed by atoms with Crippen LogP contribution in [0.3, 0.4) is 0 Å². The van der Waals surface area contributed by atoms with E-state index in [4.69, 9.17) is 0 Å². The predicted octanol–water partition coefficient (Wildman–Crippen LogP) is -4.61. The van der Waals surface area contributed by atoms with Gasteiger partial charge in [-0.25, -0.2) is 12.1 Å². The van der Waals surface area contributed by atoms with E-state index >= 15 is 0 Å². The molecule has 0 saturated heterocycles. The van der Waals surface area contributed by atoms with Gasteiger partial charge in [-0.15, -0.1) is 7.92 Å². The average Bonchev–Trinajstić information content (AvgIpc) is 2.56. The van der Waals surface area contributed by atoms with Crippen LogP contribution in [0.2, 0.25) is 0 Å². The summed E-state index contributed by atoms with van der Waals surface area (Å²) >= 11 is 0. The van der Waals surface area contributed by atoms with Crippen molar-refractivity contribution in [1.29, 1.82) is 0 Å². The third kappa shape index (κ3) is 30.8. The Morgan fingerprint density at radius 1 is 1.00 bits per heavy atom. The Bertz CT molecular complexity index is 191. The molecule has 0 atom stereocenters. The molecule has 0 aliphatic rings. The van der Waals surface area contributed by atoms with Gasteiger partial charge in [0.1, 0.15) is 0 Å². The molecule has 0 aromatic heterocycles. The van der Waals surface area contributed by atoms with Gasteiger partial charge in [0.05, 0.1) is 0 Å². The second kappa shape index (κ2) is 19.1. The van der Waals surface area contributed by atoms with Gasteiger partial charge in [0.25, 0.3) is 0 Å². The Kier molecular flexibility index (Phi) is 34.1. The summed E-state index contributed by atoms with van der Waals surface area (Å²) in [5.41, 5.74) is 0.423. The van der Waals surface area contributed by atoms with Gasteiger partial charge in [0.2, 0.25) is 0 Å². The maximum atomic E-state index is 2.42. The molecule has 0 unspecified atom stereocenters. The zero-order valence-corrected chi connectivity index (χ0v) is 19.9. The van der Waals surface area contributed by atoms with Crippen LogP contribution in [0.1, 0.15) is 20.8 Å². The second-order valence-corrected chi connectivity index (χ2v) is 7.32. The van der Waals surface area contributed by atoms with Gasteiger partial charge in [-0.3, -0.25) is 0 Å². The fraction of sp³-hybridized carbons (Fsp3) is 0.538. The molecule has 1 aromatic carbocycles. The Labute approximate surface area is 166 Å². The topological polar surface area (TPSA) is 0 Å². The third-order valence-electron chi connectivity index (χ3n) is 1.62. The zero-order chi connectivity index (χ0) is 11.0. The van der Waals surface area contributed by atoms with Gasteiger partial charge in [-0.2, -0.15) is 29.8 Å². The van der Waals surface area contributed by atoms with Crippen LogP contribution in [-0.2, 0) is 26.2 Å². The molecule has 0 N–H and O–H groups in total. The number of hydrogen-bond donors (Lipinski definition) is 0. The second-order valence-electron chi connectivity index (χ2n) is 4.79. The summed E-state index contributed by atoms with van der Waals surface area (Å²) in [5, 5.41) is 0. The van der Waals surface area contributed by atoms with Crippen LogP contribution in [0, 0.1) is 11.8 Å². The minimum Gasteiger partial charge on any atom is -1.00 e. The minimum absolute atomic E-state index is 0. The standard InChI is InChI=1S/C8H18P.C5H5.3BrH.Zr/c1-8(2,3)6-7-9(4)5;1-2-4-5-3-1;;;;/h6H,7H2,1-5H3;1-5H;3*1H;/q2*-1;;;;+3/p-3. The summed E-state index contributed by atoms with van der Waals surface area (Å²) in [4.78, 5) is 0. The number of rotatable bonds is 2. The molecule has 5 heteroatoms. The van der Waals surface area contributed by atoms with E-state index in [-0.39, 0.29) is 85.1 Å². The normalized spacial score (nSPS) is 8.56. The van der Waals surface area contributed by atoms with Crippen LogP contribution in [0.25, 0.3) is 0 Å². The monoisotopic (exact) mass is 537 g/mol. The van der Waals surface area contributed by atoms with Gasteiger partial charge < -0.3 is 57.4 Å². The molecule has 1 aromatic rings. The summed E-state index contributed by atoms with van der Waals surface area (Å²) in [5.74, 6) is 0. The van der Waals surface area contributed by atoms with Crippen LogP contribution in [0.5, 0.6) is 0 Å². The maximum Gasteiger partial charge on any atom is 3.00 e. The summed E-state index contributed by atoms with van der Waals surface area (Å²) in [6.07, 6.45) is 3.72. The van der Waals surface area contributed by atoms with Crippen molar-refractivity contribution in [1.82, 2.24) is 0 Å². The Morgan fingerprint density at radius 2 is 1.39 bits per heavy atom. The molecular formula is C13H23Br3PZr-2. The molecule has 0 heterocycles. The van der Waals surface area contributed by atoms with Crippen molar-refractivity contribution in [2.45, 2.75) is 20.8 Å². The molecule has 0 spiro atoms. The SMILES string of the molecule is CP(C)C[CH-]C(C)(C)C.[Br-].[Br-].[Br-].[Zr+3].c1cc[cH-]c1. The van der Waals surface area contributed by atoms with E-state index in [0.29, 0.717) is 5.41 Å². The molecule has 0 aliphatic heterocycles. The van der Waals surface area contributed by atoms with Gasteiger partial charge >= 0.3 is 26.2 Å². The molecule has 107 valence electrons. The van der Waals surface area contributed by atoms with Crippen molar-refractivity contribution < 1.29 is 77.1 Å². The molecule has 0 amide bonds. The smallest absolute Gasteiger partial charge is 1.00 e. The average molecular weight is 541 g/mol. The Balaban J connectivity index is -0.0000000552. The van der Waals surface area contributed by atoms with Crippen LogP contribution < -0.4 is 50.9 Å². The molecule has 0 aliphatic carbocycles. The first-order chi connectivity index (χ1) is 6.42. The van der Waals surface area contributed by atoms with Gasteiger partial charge in [-0.05, 0) is 13.3 Å². The van der Waals surface area contributed by atoms with E-state index in [1.165, 1.54) is 6.16 Å². The van der Waals surface area contributed by atoms with Crippen LogP contribution >= 0.6 is 7.92 Å². The van der Waals surface area contributed by atoms with Crippen LogP contribution in [-0.4, -0.2) is 19.5 Å². The third-order valence-corrected chi connectivity index (χ3v) is 2.54. The quantitative estimate of drug-likeness (QED) is 0.262. The van der Waals surface area contributed by atoms with E-state index in [1.807, 2.05) is 30.3 Å². The molecule has 1 rings (SSSR count). The van der Waals surface area contributed by atoms with Crippen LogP contribution in [0.4, 0.5) is 0 Å². The van der Waals surface area contributed by atoms with Crippen molar-refractivity contribution in [3.05, 3.63) is 36.8 Å². The fourth-order valence-corrected chi connectivity index (χ4v) is 1.69. The van der Waals surface area contributed by atoms with Crippen molar-refractivity contribution in [3.8, 4) is 0 Å². The van der Waals surface area contributed by atoms with Gasteiger partial charge in [0.15, 0.2) is 0 Å². The first-order valence-corrected chi connectivity index (χ1v) is 7.50. The minimum atomic E-state index is 0. The molecule has 0 saturated carbocycles. The first kappa shape index (κ1) is 32.2. The van der Waals surface area contributed by atoms with E-state index in [2.05, 4.69) is 40.5 Å². The molecule has 0 fully saturated rings. The van der Waals surface area contributed by atoms with Crippen molar-refractivity contribution >= 4 is 7.92 Å². The van der Waals surface area contributed by atoms with E-state index in [1.54, 1.807) is 0 Å². The molecule has 1 radical (unpaired) electrons. The van der Waals surface area contributed by atoms with Crippen molar-refractivity contribution in [2.24, 2.45) is 5.41 Å². The van der Waals surface area contributed by atoms with E-state index < -0.39 is 0 Å². The summed E-state index contributed by atoms with van der Waals surface area (Å²) < 4.78 is 0. The van der Waals surface area contributed by atoms with Crippen molar-refractivity contribution in [3.63, 3.8) is 0 Å². The zero-order valence-electron chi connectivity index (χ0n) is 11.8. The number of hydrogen-bond acceptors (Lipinski definition) is 0. The van der Waals surface area contributed by atoms with Crippen molar-refractivity contribution in [2.75, 3.05) is 19.5 Å². The molecule has 18 heavy (non-hydrogen) atoms. The summed E-state index contributed by atoms with van der Waals surface area (Å²) in [7, 11) is 0.280. The summed E-state index contributed by atoms with van der Waals surface area (Å²) in [6.45, 7) is 11.4. The molecule has 0 nitrogen and oxygen atoms in total. The van der Waals surface area contributed by atoms with Crippen LogP contribution in [0.15, 0.2) is 30.3 Å². The fourth-order valence-electron chi connectivity index (χ4n) is 0.777. The number of halogens is 3. The van der Waals surface area contributed by atoms with Gasteiger partial charge in [-0.1, -0.05) is 20.8 Å². The maximum absolute atomic E-state index is 2.42. The van der Waals surface area contributed by atoms with E-state index in [9.17, 15) is 0 Å². The molecule has 0 bridgehead atoms. The Morgan fingerprint density at radius 3 is 1.50 bits per heavy atom. The predicted molar refractivity (Wildman–Crippen MR) is 69.4 cm³/mol.